The zero-order valence-corrected chi connectivity index (χ0v) is 17.6. The summed E-state index contributed by atoms with van der Waals surface area (Å²) in [5, 5.41) is 33.2. The molecule has 33 heavy (non-hydrogen) atoms. The first-order valence-corrected chi connectivity index (χ1v) is 9.99. The summed E-state index contributed by atoms with van der Waals surface area (Å²) in [5.41, 5.74) is 0.906. The fraction of sp³-hybridized carbons (Fsp3) is 0.350. The minimum Gasteiger partial charge on any atom is -0.481 e. The van der Waals surface area contributed by atoms with E-state index in [1.807, 2.05) is 0 Å². The highest BCUT2D eigenvalue weighted by Crippen LogP contribution is 2.16. The molecule has 2 amide bonds. The third-order valence-electron chi connectivity index (χ3n) is 5.18. The number of nitrogens with zero attached hydrogens (tertiary/aromatic N) is 3. The van der Waals surface area contributed by atoms with Gasteiger partial charge in [0.25, 0.3) is 11.8 Å². The van der Waals surface area contributed by atoms with Crippen LogP contribution in [-0.2, 0) is 14.4 Å². The summed E-state index contributed by atoms with van der Waals surface area (Å²) in [5.74, 6) is -3.42. The zero-order valence-electron chi connectivity index (χ0n) is 17.6. The molecule has 2 heterocycles. The molecule has 1 aromatic rings. The molecule has 13 heteroatoms. The van der Waals surface area contributed by atoms with Gasteiger partial charge in [-0.2, -0.15) is 4.99 Å². The third-order valence-corrected chi connectivity index (χ3v) is 5.18. The number of hydrogen-bond donors (Lipinski definition) is 6. The Morgan fingerprint density at radius 1 is 1.24 bits per heavy atom. The fourth-order valence-electron chi connectivity index (χ4n) is 3.36. The number of guanidine groups is 1. The lowest BCUT2D eigenvalue weighted by Gasteiger charge is -2.36. The molecule has 0 bridgehead atoms. The highest BCUT2D eigenvalue weighted by molar-refractivity contribution is 6.21. The number of amidine groups is 1. The lowest BCUT2D eigenvalue weighted by molar-refractivity contribution is -0.140. The van der Waals surface area contributed by atoms with E-state index >= 15 is 0 Å². The minimum absolute atomic E-state index is 0.223. The standard InChI is InChI=1S/C20H23N7O6/c1-27-12(9-23-16-15(27)18(31)26-20(21)25-16)8-22-11-4-2-10(3-5-11)17(30)24-13(19(32)33)6-7-14(28)29/h2-5,9,12-13,15,22H,6-8H2,1H3,(H,24,30)(H,28,29)(H,32,33)(H2,21,26,31)/t12-,13+,15?/m0/s1. The van der Waals surface area contributed by atoms with Crippen molar-refractivity contribution in [2.24, 2.45) is 9.98 Å². The van der Waals surface area contributed by atoms with Gasteiger partial charge >= 0.3 is 11.9 Å². The molecule has 174 valence electrons. The summed E-state index contributed by atoms with van der Waals surface area (Å²) in [6, 6.07) is 4.08. The Morgan fingerprint density at radius 2 is 1.94 bits per heavy atom. The number of carbonyl (C=O) groups is 4. The number of aliphatic carboxylic acids is 2. The molecule has 1 unspecified atom stereocenters. The van der Waals surface area contributed by atoms with Crippen LogP contribution in [0.2, 0.25) is 0 Å². The van der Waals surface area contributed by atoms with Gasteiger partial charge in [-0.25, -0.2) is 9.79 Å². The van der Waals surface area contributed by atoms with Gasteiger partial charge in [0, 0.05) is 30.4 Å². The van der Waals surface area contributed by atoms with Gasteiger partial charge in [-0.1, -0.05) is 0 Å². The van der Waals surface area contributed by atoms with Gasteiger partial charge in [0.15, 0.2) is 11.9 Å². The largest absolute Gasteiger partial charge is 0.481 e. The highest BCUT2D eigenvalue weighted by Gasteiger charge is 2.38. The Labute approximate surface area is 188 Å². The molecule has 0 aromatic heterocycles. The van der Waals surface area contributed by atoms with E-state index < -0.39 is 29.9 Å². The van der Waals surface area contributed by atoms with Crippen molar-refractivity contribution in [3.8, 4) is 0 Å². The first-order valence-electron chi connectivity index (χ1n) is 9.99. The van der Waals surface area contributed by atoms with Crippen molar-refractivity contribution >= 4 is 47.5 Å². The van der Waals surface area contributed by atoms with Crippen LogP contribution < -0.4 is 16.0 Å². The molecule has 13 nitrogen and oxygen atoms in total. The number of carboxylic acid groups (broad SMARTS) is 2. The molecule has 0 fully saturated rings. The molecule has 0 aliphatic carbocycles. The molecule has 6 N–H and O–H groups in total. The van der Waals surface area contributed by atoms with Crippen molar-refractivity contribution in [1.29, 1.82) is 5.41 Å². The van der Waals surface area contributed by atoms with Crippen LogP contribution in [0.25, 0.3) is 0 Å². The normalized spacial score (nSPS) is 20.8. The smallest absolute Gasteiger partial charge is 0.326 e. The van der Waals surface area contributed by atoms with E-state index in [2.05, 4.69) is 25.9 Å². The fourth-order valence-corrected chi connectivity index (χ4v) is 3.36. The lowest BCUT2D eigenvalue weighted by Crippen LogP contribution is -2.60. The van der Waals surface area contributed by atoms with Crippen molar-refractivity contribution in [2.45, 2.75) is 31.0 Å². The van der Waals surface area contributed by atoms with Gasteiger partial charge in [-0.05, 0) is 37.7 Å². The highest BCUT2D eigenvalue weighted by atomic mass is 16.4. The van der Waals surface area contributed by atoms with Crippen molar-refractivity contribution in [3.05, 3.63) is 29.8 Å². The molecule has 2 aliphatic rings. The van der Waals surface area contributed by atoms with Crippen LogP contribution in [0.3, 0.4) is 0 Å². The van der Waals surface area contributed by atoms with Crippen LogP contribution in [0.4, 0.5) is 5.69 Å². The molecule has 1 aromatic carbocycles. The van der Waals surface area contributed by atoms with Gasteiger partial charge in [0.05, 0.1) is 6.04 Å². The number of carbonyl (C=O) groups excluding carboxylic acids is 2. The molecule has 0 radical (unpaired) electrons. The Morgan fingerprint density at radius 3 is 2.58 bits per heavy atom. The van der Waals surface area contributed by atoms with Crippen LogP contribution in [-0.4, -0.2) is 88.6 Å². The maximum absolute atomic E-state index is 12.3. The summed E-state index contributed by atoms with van der Waals surface area (Å²) in [4.78, 5) is 56.3. The topological polar surface area (TPSA) is 197 Å². The van der Waals surface area contributed by atoms with E-state index in [-0.39, 0.29) is 42.1 Å². The second-order valence-electron chi connectivity index (χ2n) is 7.48. The molecule has 2 aliphatic heterocycles. The average Bonchev–Trinajstić information content (AvgIpc) is 2.75. The number of likely N-dealkylation sites (N-methyl/N-ethyl adjacent to an activating group) is 1. The number of benzene rings is 1. The second-order valence-corrected chi connectivity index (χ2v) is 7.48. The molecule has 0 saturated carbocycles. The van der Waals surface area contributed by atoms with Gasteiger partial charge < -0.3 is 20.8 Å². The second kappa shape index (κ2) is 9.99. The monoisotopic (exact) mass is 457 g/mol. The predicted octanol–water partition coefficient (Wildman–Crippen LogP) is -0.637. The maximum atomic E-state index is 12.3. The minimum atomic E-state index is -1.31. The van der Waals surface area contributed by atoms with Crippen molar-refractivity contribution in [1.82, 2.24) is 15.5 Å². The third kappa shape index (κ3) is 5.77. The molecular weight excluding hydrogens is 434 g/mol. The van der Waals surface area contributed by atoms with Gasteiger partial charge in [-0.15, -0.1) is 0 Å². The van der Waals surface area contributed by atoms with Gasteiger partial charge in [0.1, 0.15) is 6.04 Å². The predicted molar refractivity (Wildman–Crippen MR) is 118 cm³/mol. The van der Waals surface area contributed by atoms with Crippen LogP contribution in [0, 0.1) is 5.41 Å². The first-order chi connectivity index (χ1) is 15.7. The van der Waals surface area contributed by atoms with Crippen LogP contribution in [0.15, 0.2) is 34.3 Å². The quantitative estimate of drug-likeness (QED) is 0.281. The van der Waals surface area contributed by atoms with Gasteiger partial charge in [-0.3, -0.25) is 30.0 Å². The number of nitrogens with one attached hydrogen (secondary N) is 4. The average molecular weight is 457 g/mol. The molecule has 3 rings (SSSR count). The van der Waals surface area contributed by atoms with Crippen molar-refractivity contribution in [2.75, 3.05) is 18.9 Å². The van der Waals surface area contributed by atoms with Gasteiger partial charge in [0.2, 0.25) is 5.96 Å². The summed E-state index contributed by atoms with van der Waals surface area (Å²) in [7, 11) is 1.75. The van der Waals surface area contributed by atoms with Crippen molar-refractivity contribution in [3.63, 3.8) is 0 Å². The number of amides is 2. The summed E-state index contributed by atoms with van der Waals surface area (Å²) < 4.78 is 0. The van der Waals surface area contributed by atoms with Crippen LogP contribution in [0.5, 0.6) is 0 Å². The van der Waals surface area contributed by atoms with Crippen molar-refractivity contribution < 1.29 is 29.4 Å². The number of fused-ring (bicyclic) bond motifs is 1. The maximum Gasteiger partial charge on any atom is 0.326 e. The number of anilines is 1. The Balaban J connectivity index is 1.58. The Kier molecular flexibility index (Phi) is 7.13. The number of rotatable bonds is 9. The number of carboxylic acids is 2. The van der Waals surface area contributed by atoms with E-state index in [0.717, 1.165) is 0 Å². The molecule has 0 saturated heterocycles. The molecule has 3 atom stereocenters. The Hall–Kier alpha value is -4.13. The summed E-state index contributed by atoms with van der Waals surface area (Å²) in [6.07, 6.45) is 1.04. The first kappa shape index (κ1) is 23.5. The zero-order chi connectivity index (χ0) is 24.1. The molecular formula is C20H23N7O6. The van der Waals surface area contributed by atoms with E-state index in [9.17, 15) is 19.2 Å². The summed E-state index contributed by atoms with van der Waals surface area (Å²) >= 11 is 0. The van der Waals surface area contributed by atoms with E-state index in [1.165, 1.54) is 12.1 Å². The number of aliphatic imine (C=N–C) groups is 2. The van der Waals surface area contributed by atoms with E-state index in [0.29, 0.717) is 12.2 Å². The van der Waals surface area contributed by atoms with E-state index in [4.69, 9.17) is 15.6 Å². The van der Waals surface area contributed by atoms with E-state index in [1.54, 1.807) is 30.3 Å². The lowest BCUT2D eigenvalue weighted by atomic mass is 10.1. The Bertz CT molecular complexity index is 1040. The summed E-state index contributed by atoms with van der Waals surface area (Å²) in [6.45, 7) is 0.399. The molecule has 0 spiro atoms. The SMILES string of the molecule is CN1C2C(=O)NC(=N)N=C2N=C[C@@H]1CNc1ccc(C(=O)N[C@H](CCC(=O)O)C(=O)O)cc1. The number of hydrogen-bond acceptors (Lipinski definition) is 8. The van der Waals surface area contributed by atoms with Crippen LogP contribution in [0.1, 0.15) is 23.2 Å². The van der Waals surface area contributed by atoms with Crippen LogP contribution >= 0.6 is 0 Å².